The first-order chi connectivity index (χ1) is 10.4. The molecule has 1 amide bonds. The molecular weight excluding hydrogens is 283 g/mol. The Bertz CT molecular complexity index is 564. The Morgan fingerprint density at radius 3 is 2.41 bits per heavy atom. The van der Waals surface area contributed by atoms with E-state index in [0.29, 0.717) is 26.2 Å². The Morgan fingerprint density at radius 1 is 1.18 bits per heavy atom. The first-order valence-electron chi connectivity index (χ1n) is 7.69. The molecule has 0 aromatic heterocycles. The van der Waals surface area contributed by atoms with E-state index in [2.05, 4.69) is 0 Å². The fourth-order valence-corrected chi connectivity index (χ4v) is 2.63. The van der Waals surface area contributed by atoms with Crippen LogP contribution in [0.15, 0.2) is 18.2 Å². The van der Waals surface area contributed by atoms with E-state index in [-0.39, 0.29) is 29.7 Å². The number of ketones is 1. The average Bonchev–Trinajstić information content (AvgIpc) is 2.49. The molecule has 1 aliphatic heterocycles. The maximum absolute atomic E-state index is 13.7. The molecule has 1 saturated heterocycles. The van der Waals surface area contributed by atoms with Gasteiger partial charge in [0.15, 0.2) is 5.78 Å². The molecule has 1 aliphatic rings. The summed E-state index contributed by atoms with van der Waals surface area (Å²) in [4.78, 5) is 28.0. The first kappa shape index (κ1) is 16.6. The number of rotatable bonds is 4. The minimum absolute atomic E-state index is 0.00503. The molecule has 120 valence electrons. The van der Waals surface area contributed by atoms with Gasteiger partial charge in [-0.05, 0) is 19.1 Å². The van der Waals surface area contributed by atoms with E-state index >= 15 is 0 Å². The highest BCUT2D eigenvalue weighted by Crippen LogP contribution is 2.13. The molecule has 2 rings (SSSR count). The number of amides is 1. The van der Waals surface area contributed by atoms with E-state index in [9.17, 15) is 14.0 Å². The van der Waals surface area contributed by atoms with Crippen molar-refractivity contribution in [1.82, 2.24) is 9.80 Å². The molecule has 0 saturated carbocycles. The number of nitrogens with zero attached hydrogens (tertiary/aromatic N) is 2. The van der Waals surface area contributed by atoms with Crippen LogP contribution in [0.4, 0.5) is 4.39 Å². The van der Waals surface area contributed by atoms with Gasteiger partial charge in [0.2, 0.25) is 5.91 Å². The van der Waals surface area contributed by atoms with E-state index in [1.54, 1.807) is 12.1 Å². The van der Waals surface area contributed by atoms with Crippen LogP contribution in [0.2, 0.25) is 0 Å². The number of piperazine rings is 1. The highest BCUT2D eigenvalue weighted by molar-refractivity contribution is 5.98. The summed E-state index contributed by atoms with van der Waals surface area (Å²) >= 11 is 0. The molecule has 4 nitrogen and oxygen atoms in total. The number of hydrogen-bond acceptors (Lipinski definition) is 3. The van der Waals surface area contributed by atoms with Crippen molar-refractivity contribution >= 4 is 11.7 Å². The van der Waals surface area contributed by atoms with E-state index < -0.39 is 5.82 Å². The molecule has 5 heteroatoms. The summed E-state index contributed by atoms with van der Waals surface area (Å²) in [5.41, 5.74) is 1.03. The van der Waals surface area contributed by atoms with Crippen LogP contribution in [0.5, 0.6) is 0 Å². The van der Waals surface area contributed by atoms with Crippen LogP contribution in [-0.4, -0.2) is 54.2 Å². The second-order valence-corrected chi connectivity index (χ2v) is 6.16. The molecule has 1 heterocycles. The number of carbonyl (C=O) groups is 2. The zero-order valence-corrected chi connectivity index (χ0v) is 13.4. The summed E-state index contributed by atoms with van der Waals surface area (Å²) in [6.07, 6.45) is 0. The van der Waals surface area contributed by atoms with Crippen LogP contribution in [0.3, 0.4) is 0 Å². The molecule has 1 aromatic rings. The molecule has 1 fully saturated rings. The van der Waals surface area contributed by atoms with Gasteiger partial charge < -0.3 is 4.90 Å². The minimum Gasteiger partial charge on any atom is -0.340 e. The van der Waals surface area contributed by atoms with Gasteiger partial charge >= 0.3 is 0 Å². The molecule has 0 aliphatic carbocycles. The summed E-state index contributed by atoms with van der Waals surface area (Å²) in [6, 6.07) is 4.58. The molecule has 0 spiro atoms. The lowest BCUT2D eigenvalue weighted by molar-refractivity contribution is -0.136. The van der Waals surface area contributed by atoms with E-state index in [1.165, 1.54) is 6.07 Å². The maximum Gasteiger partial charge on any atom is 0.225 e. The van der Waals surface area contributed by atoms with Crippen molar-refractivity contribution in [2.75, 3.05) is 32.7 Å². The summed E-state index contributed by atoms with van der Waals surface area (Å²) in [5, 5.41) is 0. The Labute approximate surface area is 130 Å². The summed E-state index contributed by atoms with van der Waals surface area (Å²) in [6.45, 7) is 8.37. The van der Waals surface area contributed by atoms with Crippen molar-refractivity contribution < 1.29 is 14.0 Å². The maximum atomic E-state index is 13.7. The van der Waals surface area contributed by atoms with Crippen molar-refractivity contribution in [3.05, 3.63) is 35.1 Å². The summed E-state index contributed by atoms with van der Waals surface area (Å²) in [5.74, 6) is -0.528. The molecule has 0 unspecified atom stereocenters. The van der Waals surface area contributed by atoms with Crippen LogP contribution in [-0.2, 0) is 4.79 Å². The number of Topliss-reactive ketones (excluding diaryl/α,β-unsaturated/α-hetero) is 1. The lowest BCUT2D eigenvalue weighted by Crippen LogP contribution is -2.50. The zero-order chi connectivity index (χ0) is 16.3. The molecule has 22 heavy (non-hydrogen) atoms. The van der Waals surface area contributed by atoms with Crippen molar-refractivity contribution in [1.29, 1.82) is 0 Å². The van der Waals surface area contributed by atoms with Gasteiger partial charge in [0, 0.05) is 32.1 Å². The third-order valence-electron chi connectivity index (χ3n) is 3.97. The van der Waals surface area contributed by atoms with Gasteiger partial charge in [-0.15, -0.1) is 0 Å². The topological polar surface area (TPSA) is 40.6 Å². The number of halogens is 1. The Morgan fingerprint density at radius 2 is 1.82 bits per heavy atom. The van der Waals surface area contributed by atoms with E-state index in [4.69, 9.17) is 0 Å². The lowest BCUT2D eigenvalue weighted by Gasteiger charge is -2.35. The van der Waals surface area contributed by atoms with Crippen LogP contribution in [0.1, 0.15) is 29.8 Å². The van der Waals surface area contributed by atoms with Gasteiger partial charge in [0.25, 0.3) is 0 Å². The number of carbonyl (C=O) groups excluding carboxylic acids is 2. The van der Waals surface area contributed by atoms with Gasteiger partial charge in [-0.3, -0.25) is 14.5 Å². The van der Waals surface area contributed by atoms with Gasteiger partial charge in [-0.2, -0.15) is 0 Å². The van der Waals surface area contributed by atoms with Gasteiger partial charge in [-0.25, -0.2) is 4.39 Å². The highest BCUT2D eigenvalue weighted by Gasteiger charge is 2.24. The zero-order valence-electron chi connectivity index (χ0n) is 13.4. The standard InChI is InChI=1S/C17H23FN2O2/c1-12(2)17(22)20-8-6-19(7-9-20)11-16(21)14-10-13(3)4-5-15(14)18/h4-5,10,12H,6-9,11H2,1-3H3. The largest absolute Gasteiger partial charge is 0.340 e. The molecule has 0 N–H and O–H groups in total. The van der Waals surface area contributed by atoms with Crippen LogP contribution < -0.4 is 0 Å². The third-order valence-corrected chi connectivity index (χ3v) is 3.97. The number of benzene rings is 1. The highest BCUT2D eigenvalue weighted by atomic mass is 19.1. The predicted molar refractivity (Wildman–Crippen MR) is 83.3 cm³/mol. The van der Waals surface area contributed by atoms with Crippen molar-refractivity contribution in [2.24, 2.45) is 5.92 Å². The van der Waals surface area contributed by atoms with E-state index in [0.717, 1.165) is 5.56 Å². The SMILES string of the molecule is Cc1ccc(F)c(C(=O)CN2CCN(C(=O)C(C)C)CC2)c1. The fourth-order valence-electron chi connectivity index (χ4n) is 2.63. The van der Waals surface area contributed by atoms with Crippen LogP contribution >= 0.6 is 0 Å². The average molecular weight is 306 g/mol. The Hall–Kier alpha value is -1.75. The third kappa shape index (κ3) is 3.91. The molecule has 0 radical (unpaired) electrons. The van der Waals surface area contributed by atoms with Crippen molar-refractivity contribution in [3.63, 3.8) is 0 Å². The van der Waals surface area contributed by atoms with Crippen molar-refractivity contribution in [3.8, 4) is 0 Å². The second kappa shape index (κ2) is 7.01. The fraction of sp³-hybridized carbons (Fsp3) is 0.529. The van der Waals surface area contributed by atoms with Gasteiger partial charge in [0.05, 0.1) is 12.1 Å². The Balaban J connectivity index is 1.92. The smallest absolute Gasteiger partial charge is 0.225 e. The van der Waals surface area contributed by atoms with E-state index in [1.807, 2.05) is 30.6 Å². The summed E-state index contributed by atoms with van der Waals surface area (Å²) in [7, 11) is 0. The van der Waals surface area contributed by atoms with Gasteiger partial charge in [0.1, 0.15) is 5.82 Å². The lowest BCUT2D eigenvalue weighted by atomic mass is 10.1. The molecule has 0 bridgehead atoms. The minimum atomic E-state index is -0.468. The number of aryl methyl sites for hydroxylation is 1. The number of hydrogen-bond donors (Lipinski definition) is 0. The molecular formula is C17H23FN2O2. The Kier molecular flexibility index (Phi) is 5.29. The summed E-state index contributed by atoms with van der Waals surface area (Å²) < 4.78 is 13.7. The quantitative estimate of drug-likeness (QED) is 0.800. The normalized spacial score (nSPS) is 16.1. The predicted octanol–water partition coefficient (Wildman–Crippen LogP) is 2.12. The monoisotopic (exact) mass is 306 g/mol. The van der Waals surface area contributed by atoms with Crippen molar-refractivity contribution in [2.45, 2.75) is 20.8 Å². The first-order valence-corrected chi connectivity index (χ1v) is 7.69. The van der Waals surface area contributed by atoms with Crippen LogP contribution in [0.25, 0.3) is 0 Å². The van der Waals surface area contributed by atoms with Crippen LogP contribution in [0, 0.1) is 18.7 Å². The van der Waals surface area contributed by atoms with Gasteiger partial charge in [-0.1, -0.05) is 25.5 Å². The molecule has 0 atom stereocenters. The molecule has 1 aromatic carbocycles. The second-order valence-electron chi connectivity index (χ2n) is 6.16.